The van der Waals surface area contributed by atoms with E-state index < -0.39 is 12.0 Å². The lowest BCUT2D eigenvalue weighted by Gasteiger charge is -2.08. The van der Waals surface area contributed by atoms with E-state index in [-0.39, 0.29) is 5.91 Å². The minimum Gasteiger partial charge on any atom is -0.480 e. The van der Waals surface area contributed by atoms with Crippen molar-refractivity contribution < 1.29 is 14.7 Å². The normalized spacial score (nSPS) is 11.8. The second-order valence-electron chi connectivity index (χ2n) is 2.81. The first-order valence-corrected chi connectivity index (χ1v) is 4.21. The molecule has 0 saturated carbocycles. The average Bonchev–Trinajstić information content (AvgIpc) is 2.04. The Labute approximate surface area is 77.6 Å². The van der Waals surface area contributed by atoms with Crippen LogP contribution in [-0.2, 0) is 9.59 Å². The number of carbonyl (C=O) groups excluding carboxylic acids is 1. The second kappa shape index (κ2) is 6.22. The first-order valence-electron chi connectivity index (χ1n) is 4.21. The van der Waals surface area contributed by atoms with Gasteiger partial charge in [0.1, 0.15) is 6.04 Å². The topological polar surface area (TPSA) is 66.4 Å². The fraction of sp³-hybridized carbons (Fsp3) is 0.556. The van der Waals surface area contributed by atoms with Crippen LogP contribution >= 0.6 is 0 Å². The lowest BCUT2D eigenvalue weighted by atomic mass is 10.2. The van der Waals surface area contributed by atoms with Gasteiger partial charge in [-0.1, -0.05) is 6.08 Å². The Morgan fingerprint density at radius 3 is 2.69 bits per heavy atom. The van der Waals surface area contributed by atoms with Gasteiger partial charge in [0.15, 0.2) is 0 Å². The van der Waals surface area contributed by atoms with E-state index in [2.05, 4.69) is 11.9 Å². The van der Waals surface area contributed by atoms with Crippen LogP contribution in [0.3, 0.4) is 0 Å². The SMILES string of the molecule is C=CCCCC(=O)NC(C)C(=O)O. The fourth-order valence-corrected chi connectivity index (χ4v) is 0.782. The van der Waals surface area contributed by atoms with Crippen molar-refractivity contribution in [2.24, 2.45) is 0 Å². The van der Waals surface area contributed by atoms with Crippen LogP contribution in [0.15, 0.2) is 12.7 Å². The largest absolute Gasteiger partial charge is 0.480 e. The van der Waals surface area contributed by atoms with Crippen molar-refractivity contribution >= 4 is 11.9 Å². The summed E-state index contributed by atoms with van der Waals surface area (Å²) in [6.45, 7) is 4.96. The number of amides is 1. The van der Waals surface area contributed by atoms with E-state index in [1.54, 1.807) is 6.08 Å². The molecule has 1 unspecified atom stereocenters. The van der Waals surface area contributed by atoms with Crippen molar-refractivity contribution in [3.63, 3.8) is 0 Å². The van der Waals surface area contributed by atoms with Gasteiger partial charge in [0.05, 0.1) is 0 Å². The molecule has 4 nitrogen and oxygen atoms in total. The Bertz CT molecular complexity index is 201. The number of nitrogens with one attached hydrogen (secondary N) is 1. The summed E-state index contributed by atoms with van der Waals surface area (Å²) in [5, 5.41) is 10.8. The van der Waals surface area contributed by atoms with Crippen molar-refractivity contribution in [1.82, 2.24) is 5.32 Å². The van der Waals surface area contributed by atoms with Crippen LogP contribution in [0.4, 0.5) is 0 Å². The Balaban J connectivity index is 3.61. The average molecular weight is 185 g/mol. The van der Waals surface area contributed by atoms with Crippen molar-refractivity contribution in [3.05, 3.63) is 12.7 Å². The first kappa shape index (κ1) is 11.7. The van der Waals surface area contributed by atoms with Crippen LogP contribution in [0.5, 0.6) is 0 Å². The molecule has 2 N–H and O–H groups in total. The molecule has 0 aromatic heterocycles. The van der Waals surface area contributed by atoms with Crippen molar-refractivity contribution in [1.29, 1.82) is 0 Å². The highest BCUT2D eigenvalue weighted by molar-refractivity contribution is 5.83. The summed E-state index contributed by atoms with van der Waals surface area (Å²) in [5.74, 6) is -1.24. The summed E-state index contributed by atoms with van der Waals surface area (Å²) < 4.78 is 0. The summed E-state index contributed by atoms with van der Waals surface area (Å²) in [5.41, 5.74) is 0. The van der Waals surface area contributed by atoms with Crippen LogP contribution in [0, 0.1) is 0 Å². The van der Waals surface area contributed by atoms with Crippen molar-refractivity contribution in [2.75, 3.05) is 0 Å². The molecule has 0 rings (SSSR count). The predicted octanol–water partition coefficient (Wildman–Crippen LogP) is 0.932. The molecule has 74 valence electrons. The number of carbonyl (C=O) groups is 2. The molecule has 0 radical (unpaired) electrons. The van der Waals surface area contributed by atoms with Crippen LogP contribution in [0.2, 0.25) is 0 Å². The lowest BCUT2D eigenvalue weighted by Crippen LogP contribution is -2.38. The standard InChI is InChI=1S/C9H15NO3/c1-3-4-5-6-8(11)10-7(2)9(12)13/h3,7H,1,4-6H2,2H3,(H,10,11)(H,12,13). The van der Waals surface area contributed by atoms with Gasteiger partial charge >= 0.3 is 5.97 Å². The number of aliphatic carboxylic acids is 1. The van der Waals surface area contributed by atoms with Gasteiger partial charge in [0.2, 0.25) is 5.91 Å². The van der Waals surface area contributed by atoms with E-state index in [0.717, 1.165) is 6.42 Å². The minimum atomic E-state index is -1.02. The third-order valence-electron chi connectivity index (χ3n) is 1.56. The monoisotopic (exact) mass is 185 g/mol. The van der Waals surface area contributed by atoms with Gasteiger partial charge in [0, 0.05) is 6.42 Å². The molecule has 1 amide bonds. The molecule has 0 aliphatic carbocycles. The third kappa shape index (κ3) is 5.90. The van der Waals surface area contributed by atoms with Gasteiger partial charge in [-0.2, -0.15) is 0 Å². The molecule has 0 spiro atoms. The molecular formula is C9H15NO3. The van der Waals surface area contributed by atoms with Crippen LogP contribution < -0.4 is 5.32 Å². The predicted molar refractivity (Wildman–Crippen MR) is 49.3 cm³/mol. The number of unbranched alkanes of at least 4 members (excludes halogenated alkanes) is 1. The molecular weight excluding hydrogens is 170 g/mol. The van der Waals surface area contributed by atoms with E-state index in [0.29, 0.717) is 12.8 Å². The Morgan fingerprint density at radius 1 is 1.62 bits per heavy atom. The highest BCUT2D eigenvalue weighted by atomic mass is 16.4. The molecule has 0 aliphatic rings. The first-order chi connectivity index (χ1) is 6.07. The molecule has 1 atom stereocenters. The summed E-state index contributed by atoms with van der Waals surface area (Å²) >= 11 is 0. The molecule has 0 aliphatic heterocycles. The summed E-state index contributed by atoms with van der Waals surface area (Å²) in [7, 11) is 0. The number of rotatable bonds is 6. The molecule has 0 aromatic carbocycles. The maximum absolute atomic E-state index is 11.0. The second-order valence-corrected chi connectivity index (χ2v) is 2.81. The fourth-order valence-electron chi connectivity index (χ4n) is 0.782. The van der Waals surface area contributed by atoms with Crippen molar-refractivity contribution in [2.45, 2.75) is 32.2 Å². The minimum absolute atomic E-state index is 0.225. The highest BCUT2D eigenvalue weighted by Gasteiger charge is 2.12. The van der Waals surface area contributed by atoms with Gasteiger partial charge in [-0.25, -0.2) is 0 Å². The lowest BCUT2D eigenvalue weighted by molar-refractivity contribution is -0.141. The van der Waals surface area contributed by atoms with Gasteiger partial charge in [-0.3, -0.25) is 9.59 Å². The maximum Gasteiger partial charge on any atom is 0.325 e. The Morgan fingerprint density at radius 2 is 2.23 bits per heavy atom. The van der Waals surface area contributed by atoms with Gasteiger partial charge in [-0.05, 0) is 19.8 Å². The maximum atomic E-state index is 11.0. The number of hydrogen-bond donors (Lipinski definition) is 2. The van der Waals surface area contributed by atoms with Gasteiger partial charge < -0.3 is 10.4 Å². The Kier molecular flexibility index (Phi) is 5.59. The van der Waals surface area contributed by atoms with Crippen molar-refractivity contribution in [3.8, 4) is 0 Å². The van der Waals surface area contributed by atoms with Crippen LogP contribution in [0.1, 0.15) is 26.2 Å². The molecule has 0 heterocycles. The quantitative estimate of drug-likeness (QED) is 0.478. The van der Waals surface area contributed by atoms with Gasteiger partial charge in [0.25, 0.3) is 0 Å². The summed E-state index contributed by atoms with van der Waals surface area (Å²) in [6.07, 6.45) is 3.56. The van der Waals surface area contributed by atoms with E-state index in [9.17, 15) is 9.59 Å². The smallest absolute Gasteiger partial charge is 0.325 e. The van der Waals surface area contributed by atoms with E-state index >= 15 is 0 Å². The van der Waals surface area contributed by atoms with E-state index in [1.807, 2.05) is 0 Å². The van der Waals surface area contributed by atoms with E-state index in [1.165, 1.54) is 6.92 Å². The van der Waals surface area contributed by atoms with Crippen LogP contribution in [-0.4, -0.2) is 23.0 Å². The summed E-state index contributed by atoms with van der Waals surface area (Å²) in [6, 6.07) is -0.809. The molecule has 13 heavy (non-hydrogen) atoms. The van der Waals surface area contributed by atoms with E-state index in [4.69, 9.17) is 5.11 Å². The van der Waals surface area contributed by atoms with Gasteiger partial charge in [-0.15, -0.1) is 6.58 Å². The van der Waals surface area contributed by atoms with Crippen LogP contribution in [0.25, 0.3) is 0 Å². The zero-order chi connectivity index (χ0) is 10.3. The molecule has 0 saturated heterocycles. The number of carboxylic acids is 1. The number of allylic oxidation sites excluding steroid dienone is 1. The highest BCUT2D eigenvalue weighted by Crippen LogP contribution is 1.96. The number of carboxylic acid groups (broad SMARTS) is 1. The zero-order valence-corrected chi connectivity index (χ0v) is 7.75. The summed E-state index contributed by atoms with van der Waals surface area (Å²) in [4.78, 5) is 21.4. The molecule has 0 fully saturated rings. The zero-order valence-electron chi connectivity index (χ0n) is 7.75. The number of hydrogen-bond acceptors (Lipinski definition) is 2. The molecule has 0 bridgehead atoms. The Hall–Kier alpha value is -1.32. The molecule has 0 aromatic rings. The third-order valence-corrected chi connectivity index (χ3v) is 1.56. The molecule has 4 heteroatoms.